The van der Waals surface area contributed by atoms with Crippen LogP contribution in [0.1, 0.15) is 51.8 Å². The molecule has 1 aromatic carbocycles. The average Bonchev–Trinajstić information content (AvgIpc) is 3.33. The second-order valence-electron chi connectivity index (χ2n) is 7.88. The fourth-order valence-corrected chi connectivity index (χ4v) is 5.79. The molecular formula is C19H17F6N3O3S. The molecule has 1 atom stereocenters. The second-order valence-corrected chi connectivity index (χ2v) is 10.1. The van der Waals surface area contributed by atoms with Gasteiger partial charge >= 0.3 is 12.4 Å². The molecule has 32 heavy (non-hydrogen) atoms. The third-order valence-corrected chi connectivity index (χ3v) is 7.30. The first kappa shape index (κ1) is 22.6. The lowest BCUT2D eigenvalue weighted by Gasteiger charge is -2.17. The van der Waals surface area contributed by atoms with Gasteiger partial charge in [0.1, 0.15) is 5.69 Å². The highest BCUT2D eigenvalue weighted by molar-refractivity contribution is 7.91. The number of rotatable bonds is 3. The number of halogens is 6. The Bertz CT molecular complexity index is 1150. The number of alkyl halides is 6. The number of sulfone groups is 1. The number of aryl methyl sites for hydroxylation is 1. The van der Waals surface area contributed by atoms with E-state index >= 15 is 0 Å². The fourth-order valence-electron chi connectivity index (χ4n) is 4.10. The highest BCUT2D eigenvalue weighted by Gasteiger charge is 2.38. The molecule has 2 aliphatic rings. The van der Waals surface area contributed by atoms with Gasteiger partial charge < -0.3 is 5.32 Å². The number of nitrogens with one attached hydrogen (secondary N) is 1. The highest BCUT2D eigenvalue weighted by Crippen LogP contribution is 2.38. The predicted molar refractivity (Wildman–Crippen MR) is 101 cm³/mol. The largest absolute Gasteiger partial charge is 0.416 e. The van der Waals surface area contributed by atoms with Crippen LogP contribution in [0.2, 0.25) is 0 Å². The fraction of sp³-hybridized carbons (Fsp3) is 0.474. The van der Waals surface area contributed by atoms with E-state index in [0.29, 0.717) is 42.7 Å². The third-order valence-electron chi connectivity index (χ3n) is 5.55. The van der Waals surface area contributed by atoms with E-state index in [1.165, 1.54) is 4.68 Å². The van der Waals surface area contributed by atoms with E-state index in [1.807, 2.05) is 0 Å². The van der Waals surface area contributed by atoms with Gasteiger partial charge in [-0.2, -0.15) is 31.4 Å². The zero-order chi connectivity index (χ0) is 23.5. The van der Waals surface area contributed by atoms with Crippen LogP contribution in [0.4, 0.5) is 32.0 Å². The van der Waals surface area contributed by atoms with Crippen LogP contribution in [0.5, 0.6) is 0 Å². The summed E-state index contributed by atoms with van der Waals surface area (Å²) in [5, 5.41) is 6.48. The van der Waals surface area contributed by atoms with Crippen LogP contribution in [0.15, 0.2) is 18.2 Å². The van der Waals surface area contributed by atoms with Crippen molar-refractivity contribution in [3.63, 3.8) is 0 Å². The Morgan fingerprint density at radius 2 is 1.66 bits per heavy atom. The zero-order valence-electron chi connectivity index (χ0n) is 16.3. The van der Waals surface area contributed by atoms with E-state index in [9.17, 15) is 39.6 Å². The summed E-state index contributed by atoms with van der Waals surface area (Å²) in [6.07, 6.45) is -8.21. The first-order valence-corrected chi connectivity index (χ1v) is 11.5. The van der Waals surface area contributed by atoms with Crippen molar-refractivity contribution in [2.24, 2.45) is 0 Å². The Morgan fingerprint density at radius 3 is 2.19 bits per heavy atom. The summed E-state index contributed by atoms with van der Waals surface area (Å²) in [6, 6.07) is 0.196. The van der Waals surface area contributed by atoms with Gasteiger partial charge in [0, 0.05) is 11.3 Å². The predicted octanol–water partition coefficient (Wildman–Crippen LogP) is 4.02. The monoisotopic (exact) mass is 481 g/mol. The number of nitrogens with zero attached hydrogens (tertiary/aromatic N) is 2. The molecule has 1 aliphatic heterocycles. The smallest absolute Gasteiger partial charge is 0.321 e. The van der Waals surface area contributed by atoms with Crippen LogP contribution in [0.3, 0.4) is 0 Å². The lowest BCUT2D eigenvalue weighted by Crippen LogP contribution is -2.23. The summed E-state index contributed by atoms with van der Waals surface area (Å²) in [6.45, 7) is 0. The van der Waals surface area contributed by atoms with Gasteiger partial charge in [0.15, 0.2) is 9.84 Å². The maximum Gasteiger partial charge on any atom is 0.416 e. The number of amides is 1. The molecule has 0 bridgehead atoms. The molecule has 174 valence electrons. The Morgan fingerprint density at radius 1 is 1.03 bits per heavy atom. The molecule has 1 fully saturated rings. The molecule has 2 aromatic rings. The molecule has 13 heteroatoms. The van der Waals surface area contributed by atoms with Gasteiger partial charge in [-0.15, -0.1) is 0 Å². The maximum absolute atomic E-state index is 13.1. The number of anilines is 1. The Labute approximate surface area is 178 Å². The summed E-state index contributed by atoms with van der Waals surface area (Å²) >= 11 is 0. The Kier molecular flexibility index (Phi) is 5.30. The minimum atomic E-state index is -5.05. The molecule has 1 aromatic heterocycles. The molecule has 2 heterocycles. The van der Waals surface area contributed by atoms with Crippen LogP contribution in [-0.2, 0) is 35.0 Å². The second kappa shape index (κ2) is 7.49. The number of carbonyl (C=O) groups excluding carboxylic acids is 1. The van der Waals surface area contributed by atoms with Crippen molar-refractivity contribution in [2.75, 3.05) is 16.8 Å². The highest BCUT2D eigenvalue weighted by atomic mass is 32.2. The number of hydrogen-bond acceptors (Lipinski definition) is 4. The van der Waals surface area contributed by atoms with Crippen LogP contribution >= 0.6 is 0 Å². The Balaban J connectivity index is 1.72. The summed E-state index contributed by atoms with van der Waals surface area (Å²) in [4.78, 5) is 13.0. The number of benzene rings is 1. The lowest BCUT2D eigenvalue weighted by molar-refractivity contribution is -0.143. The minimum absolute atomic E-state index is 0.0226. The van der Waals surface area contributed by atoms with Crippen molar-refractivity contribution in [3.8, 4) is 0 Å². The van der Waals surface area contributed by atoms with E-state index < -0.39 is 51.0 Å². The van der Waals surface area contributed by atoms with Crippen molar-refractivity contribution >= 4 is 21.4 Å². The maximum atomic E-state index is 13.1. The van der Waals surface area contributed by atoms with E-state index in [1.54, 1.807) is 0 Å². The third kappa shape index (κ3) is 4.34. The summed E-state index contributed by atoms with van der Waals surface area (Å²) in [5.74, 6) is -1.26. The molecule has 1 unspecified atom stereocenters. The molecule has 4 rings (SSSR count). The zero-order valence-corrected chi connectivity index (χ0v) is 17.2. The molecular weight excluding hydrogens is 464 g/mol. The molecule has 0 saturated carbocycles. The standard InChI is InChI=1S/C19H17F6N3O3S/c20-18(21,22)10-6-11(19(23,24)25)8-12(7-10)26-17(29)16-14-2-1-3-15(14)27-28(16)13-4-5-32(30,31)9-13/h6-8,13H,1-5,9H2,(H,26,29). The van der Waals surface area contributed by atoms with E-state index in [4.69, 9.17) is 0 Å². The van der Waals surface area contributed by atoms with E-state index in [2.05, 4.69) is 10.4 Å². The first-order valence-electron chi connectivity index (χ1n) is 9.66. The van der Waals surface area contributed by atoms with Gasteiger partial charge in [-0.05, 0) is 43.9 Å². The quantitative estimate of drug-likeness (QED) is 0.672. The van der Waals surface area contributed by atoms with Crippen LogP contribution in [0, 0.1) is 0 Å². The van der Waals surface area contributed by atoms with Crippen molar-refractivity contribution in [3.05, 3.63) is 46.3 Å². The van der Waals surface area contributed by atoms with Gasteiger partial charge in [-0.1, -0.05) is 0 Å². The SMILES string of the molecule is O=C(Nc1cc(C(F)(F)F)cc(C(F)(F)F)c1)c1c2c(nn1C1CCS(=O)(=O)C1)CCC2. The summed E-state index contributed by atoms with van der Waals surface area (Å²) < 4.78 is 104. The Hall–Kier alpha value is -2.57. The van der Waals surface area contributed by atoms with Gasteiger partial charge in [0.05, 0.1) is 34.4 Å². The average molecular weight is 481 g/mol. The van der Waals surface area contributed by atoms with Gasteiger partial charge in [-0.25, -0.2) is 8.42 Å². The number of hydrogen-bond donors (Lipinski definition) is 1. The number of carbonyl (C=O) groups is 1. The van der Waals surface area contributed by atoms with Gasteiger partial charge in [0.25, 0.3) is 5.91 Å². The molecule has 0 spiro atoms. The topological polar surface area (TPSA) is 81.1 Å². The molecule has 1 N–H and O–H groups in total. The normalized spacial score (nSPS) is 20.4. The van der Waals surface area contributed by atoms with Crippen molar-refractivity contribution in [2.45, 2.75) is 44.1 Å². The molecule has 1 aliphatic carbocycles. The van der Waals surface area contributed by atoms with E-state index in [0.717, 1.165) is 0 Å². The van der Waals surface area contributed by atoms with Gasteiger partial charge in [0.2, 0.25) is 0 Å². The van der Waals surface area contributed by atoms with Crippen molar-refractivity contribution in [1.82, 2.24) is 9.78 Å². The molecule has 1 saturated heterocycles. The molecule has 1 amide bonds. The first-order chi connectivity index (χ1) is 14.7. The van der Waals surface area contributed by atoms with Gasteiger partial charge in [-0.3, -0.25) is 9.48 Å². The van der Waals surface area contributed by atoms with Crippen molar-refractivity contribution in [1.29, 1.82) is 0 Å². The summed E-state index contributed by atoms with van der Waals surface area (Å²) in [7, 11) is -3.32. The van der Waals surface area contributed by atoms with Crippen molar-refractivity contribution < 1.29 is 39.6 Å². The van der Waals surface area contributed by atoms with Crippen LogP contribution in [0.25, 0.3) is 0 Å². The van der Waals surface area contributed by atoms with Crippen LogP contribution < -0.4 is 5.32 Å². The molecule has 0 radical (unpaired) electrons. The van der Waals surface area contributed by atoms with E-state index in [-0.39, 0.29) is 29.7 Å². The number of fused-ring (bicyclic) bond motifs is 1. The van der Waals surface area contributed by atoms with Crippen LogP contribution in [-0.4, -0.2) is 35.6 Å². The summed E-state index contributed by atoms with van der Waals surface area (Å²) in [5.41, 5.74) is -2.68. The minimum Gasteiger partial charge on any atom is -0.321 e. The number of aromatic nitrogens is 2. The molecule has 6 nitrogen and oxygen atoms in total. The lowest BCUT2D eigenvalue weighted by atomic mass is 10.1.